The van der Waals surface area contributed by atoms with Gasteiger partial charge in [-0.3, -0.25) is 4.79 Å². The summed E-state index contributed by atoms with van der Waals surface area (Å²) in [4.78, 5) is 11.1. The van der Waals surface area contributed by atoms with E-state index in [0.29, 0.717) is 28.9 Å². The smallest absolute Gasteiger partial charge is 0.147 e. The van der Waals surface area contributed by atoms with Crippen molar-refractivity contribution in [2.24, 2.45) is 17.8 Å². The van der Waals surface area contributed by atoms with Crippen LogP contribution in [0.3, 0.4) is 0 Å². The van der Waals surface area contributed by atoms with Crippen LogP contribution in [-0.2, 0) is 9.53 Å². The third-order valence-electron chi connectivity index (χ3n) is 2.46. The first-order valence-electron chi connectivity index (χ1n) is 3.51. The van der Waals surface area contributed by atoms with Crippen molar-refractivity contribution in [3.05, 3.63) is 0 Å². The largest absolute Gasteiger partial charge is 0.381 e. The Balaban J connectivity index is 1.94. The molecule has 2 aliphatic rings. The molecule has 0 aromatic heterocycles. The van der Waals surface area contributed by atoms with Crippen molar-refractivity contribution < 1.29 is 9.53 Å². The van der Waals surface area contributed by atoms with Gasteiger partial charge in [0, 0.05) is 5.92 Å². The predicted octanol–water partition coefficient (Wildman–Crippen LogP) is 0.843. The molecule has 1 aliphatic heterocycles. The van der Waals surface area contributed by atoms with Crippen molar-refractivity contribution in [3.8, 4) is 0 Å². The van der Waals surface area contributed by atoms with E-state index in [2.05, 4.69) is 15.9 Å². The summed E-state index contributed by atoms with van der Waals surface area (Å²) in [6.45, 7) is 1.63. The number of ether oxygens (including phenoxy) is 1. The normalized spacial score (nSPS) is 43.1. The molecule has 10 heavy (non-hydrogen) atoms. The Morgan fingerprint density at radius 2 is 2.10 bits per heavy atom. The molecule has 0 spiro atoms. The van der Waals surface area contributed by atoms with Crippen LogP contribution in [0, 0.1) is 17.8 Å². The molecule has 2 atom stereocenters. The van der Waals surface area contributed by atoms with E-state index in [-0.39, 0.29) is 0 Å². The third-order valence-corrected chi connectivity index (χ3v) is 3.01. The Hall–Kier alpha value is 0.110. The molecule has 1 aliphatic carbocycles. The van der Waals surface area contributed by atoms with Crippen LogP contribution in [0.4, 0.5) is 0 Å². The van der Waals surface area contributed by atoms with Gasteiger partial charge in [-0.15, -0.1) is 0 Å². The van der Waals surface area contributed by atoms with E-state index in [0.717, 1.165) is 13.2 Å². The summed E-state index contributed by atoms with van der Waals surface area (Å²) in [7, 11) is 0. The van der Waals surface area contributed by atoms with Crippen LogP contribution in [-0.4, -0.2) is 24.3 Å². The highest BCUT2D eigenvalue weighted by Gasteiger charge is 2.57. The lowest BCUT2D eigenvalue weighted by Gasteiger charge is -1.98. The molecule has 1 heterocycles. The van der Waals surface area contributed by atoms with Crippen molar-refractivity contribution in [1.29, 1.82) is 0 Å². The Kier molecular flexibility index (Phi) is 1.57. The van der Waals surface area contributed by atoms with Crippen LogP contribution >= 0.6 is 15.9 Å². The van der Waals surface area contributed by atoms with Gasteiger partial charge in [0.25, 0.3) is 0 Å². The number of carbonyl (C=O) groups is 1. The summed E-state index contributed by atoms with van der Waals surface area (Å²) in [5, 5.41) is 0.519. The molecule has 1 saturated carbocycles. The lowest BCUT2D eigenvalue weighted by molar-refractivity contribution is -0.118. The molecule has 0 aromatic rings. The Bertz CT molecular complexity index is 159. The van der Waals surface area contributed by atoms with Crippen LogP contribution in [0.15, 0.2) is 0 Å². The second-order valence-electron chi connectivity index (χ2n) is 2.99. The number of hydrogen-bond acceptors (Lipinski definition) is 2. The average molecular weight is 205 g/mol. The monoisotopic (exact) mass is 204 g/mol. The Labute approximate surface area is 68.1 Å². The summed E-state index contributed by atoms with van der Waals surface area (Å²) in [6.07, 6.45) is 0. The van der Waals surface area contributed by atoms with Crippen LogP contribution in [0.5, 0.6) is 0 Å². The molecule has 2 rings (SSSR count). The molecule has 0 N–H and O–H groups in total. The number of ketones is 1. The summed E-state index contributed by atoms with van der Waals surface area (Å²) in [6, 6.07) is 0. The predicted molar refractivity (Wildman–Crippen MR) is 40.1 cm³/mol. The van der Waals surface area contributed by atoms with Gasteiger partial charge in [0.2, 0.25) is 0 Å². The molecule has 0 bridgehead atoms. The Morgan fingerprint density at radius 1 is 1.50 bits per heavy atom. The molecule has 1 saturated heterocycles. The van der Waals surface area contributed by atoms with Gasteiger partial charge >= 0.3 is 0 Å². The summed E-state index contributed by atoms with van der Waals surface area (Å²) < 4.78 is 5.16. The second kappa shape index (κ2) is 2.31. The molecule has 2 nitrogen and oxygen atoms in total. The fourth-order valence-electron chi connectivity index (χ4n) is 1.81. The highest BCUT2D eigenvalue weighted by molar-refractivity contribution is 9.09. The second-order valence-corrected chi connectivity index (χ2v) is 3.55. The van der Waals surface area contributed by atoms with Gasteiger partial charge in [-0.1, -0.05) is 15.9 Å². The van der Waals surface area contributed by atoms with Crippen molar-refractivity contribution in [3.63, 3.8) is 0 Å². The third kappa shape index (κ3) is 0.839. The fraction of sp³-hybridized carbons (Fsp3) is 0.857. The maximum atomic E-state index is 11.1. The number of rotatable bonds is 2. The lowest BCUT2D eigenvalue weighted by Crippen LogP contribution is -2.09. The number of hydrogen-bond donors (Lipinski definition) is 0. The number of Topliss-reactive ketones (excluding diaryl/α,β-unsaturated/α-hetero) is 1. The number of carbonyl (C=O) groups excluding carboxylic acids is 1. The molecular formula is C7H9BrO2. The van der Waals surface area contributed by atoms with E-state index in [1.165, 1.54) is 0 Å². The number of fused-ring (bicyclic) bond motifs is 1. The topological polar surface area (TPSA) is 26.3 Å². The van der Waals surface area contributed by atoms with Crippen molar-refractivity contribution in [1.82, 2.24) is 0 Å². The minimum absolute atomic E-state index is 0.341. The number of alkyl halides is 1. The van der Waals surface area contributed by atoms with Gasteiger partial charge in [-0.2, -0.15) is 0 Å². The zero-order valence-corrected chi connectivity index (χ0v) is 7.13. The van der Waals surface area contributed by atoms with Crippen molar-refractivity contribution in [2.45, 2.75) is 0 Å². The fourth-order valence-corrected chi connectivity index (χ4v) is 2.18. The highest BCUT2D eigenvalue weighted by atomic mass is 79.9. The minimum atomic E-state index is 0.341. The molecule has 3 heteroatoms. The van der Waals surface area contributed by atoms with Crippen LogP contribution in [0.25, 0.3) is 0 Å². The standard InChI is InChI=1S/C7H9BrO2/c8-1-6(9)7-4-2-10-3-5(4)7/h4-5,7H,1-3H2. The van der Waals surface area contributed by atoms with E-state index in [4.69, 9.17) is 4.74 Å². The molecule has 0 radical (unpaired) electrons. The lowest BCUT2D eigenvalue weighted by atomic mass is 10.2. The van der Waals surface area contributed by atoms with Crippen molar-refractivity contribution >= 4 is 21.7 Å². The maximum absolute atomic E-state index is 11.1. The van der Waals surface area contributed by atoms with Gasteiger partial charge in [0.15, 0.2) is 0 Å². The molecular weight excluding hydrogens is 196 g/mol. The van der Waals surface area contributed by atoms with Crippen LogP contribution in [0.2, 0.25) is 0 Å². The minimum Gasteiger partial charge on any atom is -0.381 e. The van der Waals surface area contributed by atoms with Crippen LogP contribution < -0.4 is 0 Å². The van der Waals surface area contributed by atoms with Gasteiger partial charge in [0.1, 0.15) is 5.78 Å². The van der Waals surface area contributed by atoms with Gasteiger partial charge in [0.05, 0.1) is 18.5 Å². The first-order valence-corrected chi connectivity index (χ1v) is 4.63. The van der Waals surface area contributed by atoms with Crippen molar-refractivity contribution in [2.75, 3.05) is 18.5 Å². The Morgan fingerprint density at radius 3 is 2.60 bits per heavy atom. The molecule has 0 aromatic carbocycles. The molecule has 56 valence electrons. The summed E-state index contributed by atoms with van der Waals surface area (Å²) >= 11 is 3.17. The SMILES string of the molecule is O=C(CBr)C1C2COCC21. The van der Waals surface area contributed by atoms with E-state index in [9.17, 15) is 4.79 Å². The quantitative estimate of drug-likeness (QED) is 0.624. The van der Waals surface area contributed by atoms with E-state index in [1.807, 2.05) is 0 Å². The zero-order valence-electron chi connectivity index (χ0n) is 5.55. The van der Waals surface area contributed by atoms with Crippen LogP contribution in [0.1, 0.15) is 0 Å². The summed E-state index contributed by atoms with van der Waals surface area (Å²) in [5.41, 5.74) is 0. The van der Waals surface area contributed by atoms with E-state index >= 15 is 0 Å². The first-order chi connectivity index (χ1) is 4.84. The van der Waals surface area contributed by atoms with E-state index in [1.54, 1.807) is 0 Å². The average Bonchev–Trinajstić information content (AvgIpc) is 2.43. The zero-order chi connectivity index (χ0) is 7.14. The van der Waals surface area contributed by atoms with E-state index < -0.39 is 0 Å². The highest BCUT2D eigenvalue weighted by Crippen LogP contribution is 2.51. The van der Waals surface area contributed by atoms with Gasteiger partial charge < -0.3 is 4.74 Å². The molecule has 0 amide bonds. The van der Waals surface area contributed by atoms with Gasteiger partial charge in [-0.25, -0.2) is 0 Å². The summed E-state index contributed by atoms with van der Waals surface area (Å²) in [5.74, 6) is 1.85. The molecule has 2 fully saturated rings. The molecule has 2 unspecified atom stereocenters. The van der Waals surface area contributed by atoms with Gasteiger partial charge in [-0.05, 0) is 11.8 Å². The first kappa shape index (κ1) is 6.80. The number of halogens is 1. The maximum Gasteiger partial charge on any atom is 0.147 e.